The fourth-order valence-corrected chi connectivity index (χ4v) is 15.9. The Morgan fingerprint density at radius 2 is 0.780 bits per heavy atom. The first-order chi connectivity index (χ1) is 38.7. The van der Waals surface area contributed by atoms with Crippen molar-refractivity contribution in [1.29, 1.82) is 0 Å². The molecule has 0 fully saturated rings. The van der Waals surface area contributed by atoms with Gasteiger partial charge in [0.15, 0.2) is 0 Å². The molecule has 0 saturated carbocycles. The lowest BCUT2D eigenvalue weighted by atomic mass is 9.31. The van der Waals surface area contributed by atoms with Crippen LogP contribution in [-0.4, -0.2) is 22.6 Å². The van der Waals surface area contributed by atoms with Crippen LogP contribution in [0.4, 0.5) is 34.1 Å². The Morgan fingerprint density at radius 1 is 0.317 bits per heavy atom. The van der Waals surface area contributed by atoms with Gasteiger partial charge in [-0.2, -0.15) is 0 Å². The van der Waals surface area contributed by atoms with Gasteiger partial charge in [0.2, 0.25) is 0 Å². The van der Waals surface area contributed by atoms with Crippen LogP contribution in [0.1, 0.15) is 139 Å². The van der Waals surface area contributed by atoms with Crippen molar-refractivity contribution >= 4 is 124 Å². The second kappa shape index (κ2) is 16.5. The summed E-state index contributed by atoms with van der Waals surface area (Å²) >= 11 is 0. The van der Waals surface area contributed by atoms with Gasteiger partial charge in [-0.15, -0.1) is 0 Å². The van der Waals surface area contributed by atoms with Gasteiger partial charge >= 0.3 is 0 Å². The summed E-state index contributed by atoms with van der Waals surface area (Å²) in [6, 6.07) is 54.1. The molecule has 0 atom stereocenters. The Hall–Kier alpha value is -7.69. The molecule has 0 spiro atoms. The van der Waals surface area contributed by atoms with Crippen LogP contribution in [0.2, 0.25) is 0 Å². The van der Waals surface area contributed by atoms with Crippen LogP contribution in [-0.2, 0) is 21.7 Å². The molecule has 2 aromatic heterocycles. The first-order valence-corrected chi connectivity index (χ1v) is 30.2. The molecule has 0 N–H and O–H groups in total. The Bertz CT molecular complexity index is 4660. The summed E-state index contributed by atoms with van der Waals surface area (Å²) in [6.45, 7) is 42.4. The smallest absolute Gasteiger partial charge is 0.252 e. The van der Waals surface area contributed by atoms with E-state index in [1.807, 2.05) is 0 Å². The first kappa shape index (κ1) is 51.2. The Labute approximate surface area is 487 Å². The number of rotatable bonds is 2. The van der Waals surface area contributed by atoms with Gasteiger partial charge < -0.3 is 18.9 Å². The summed E-state index contributed by atoms with van der Waals surface area (Å²) in [5.41, 5.74) is 36.4. The quantitative estimate of drug-likeness (QED) is 0.160. The van der Waals surface area contributed by atoms with Crippen LogP contribution >= 0.6 is 0 Å². The molecule has 0 aliphatic carbocycles. The lowest BCUT2D eigenvalue weighted by Crippen LogP contribution is -2.64. The van der Waals surface area contributed by atoms with E-state index in [9.17, 15) is 0 Å². The van der Waals surface area contributed by atoms with Crippen LogP contribution < -0.4 is 42.6 Å². The summed E-state index contributed by atoms with van der Waals surface area (Å²) in [5, 5.41) is 5.34. The van der Waals surface area contributed by atoms with Gasteiger partial charge in [0.05, 0.1) is 27.9 Å². The fourth-order valence-electron chi connectivity index (χ4n) is 15.9. The summed E-state index contributed by atoms with van der Waals surface area (Å²) in [5.74, 6) is 0. The molecule has 0 unspecified atom stereocenters. The van der Waals surface area contributed by atoms with E-state index in [0.717, 1.165) is 0 Å². The van der Waals surface area contributed by atoms with Crippen LogP contribution in [0.15, 0.2) is 133 Å². The van der Waals surface area contributed by atoms with Crippen molar-refractivity contribution < 1.29 is 0 Å². The van der Waals surface area contributed by atoms with Gasteiger partial charge in [-0.3, -0.25) is 0 Å². The van der Waals surface area contributed by atoms with Gasteiger partial charge in [0, 0.05) is 61.2 Å². The van der Waals surface area contributed by atoms with Crippen molar-refractivity contribution in [3.63, 3.8) is 0 Å². The van der Waals surface area contributed by atoms with Gasteiger partial charge in [0.1, 0.15) is 0 Å². The molecule has 0 saturated heterocycles. The van der Waals surface area contributed by atoms with Crippen LogP contribution in [0, 0.1) is 41.5 Å². The van der Waals surface area contributed by atoms with E-state index in [2.05, 4.69) is 277 Å². The number of aryl methyl sites for hydroxylation is 6. The summed E-state index contributed by atoms with van der Waals surface area (Å²) in [7, 11) is 0. The molecular weight excluding hydrogens is 990 g/mol. The Kier molecular flexibility index (Phi) is 10.3. The maximum atomic E-state index is 2.78. The maximum absolute atomic E-state index is 2.78. The summed E-state index contributed by atoms with van der Waals surface area (Å²) < 4.78 is 5.29. The summed E-state index contributed by atoms with van der Waals surface area (Å²) in [4.78, 5) is 5.49. The molecule has 4 aliphatic heterocycles. The molecule has 15 rings (SSSR count). The number of hydrogen-bond donors (Lipinski definition) is 0. The van der Waals surface area contributed by atoms with E-state index in [-0.39, 0.29) is 35.1 Å². The molecule has 0 amide bonds. The molecule has 4 nitrogen and oxygen atoms in total. The van der Waals surface area contributed by atoms with Crippen molar-refractivity contribution in [2.24, 2.45) is 0 Å². The van der Waals surface area contributed by atoms with Crippen molar-refractivity contribution in [1.82, 2.24) is 9.13 Å². The third-order valence-electron chi connectivity index (χ3n) is 19.5. The zero-order valence-corrected chi connectivity index (χ0v) is 51.6. The first-order valence-electron chi connectivity index (χ1n) is 30.2. The SMILES string of the molecule is Cc1cc(C)c(N2c3cc4c(cc3B3c5c2cccc5-n2c5ccc(C(C)(C)C)cc5c5cc(C(C)(C)C)cc3c52)N(c2c(C)cc(C)cc2C)c2c(C(C)(C)C)cc3c5cc(C(C)(C)C)ccc5n5c3c2B4c2ccccc2-5)c(C)c1. The monoisotopic (exact) mass is 1070 g/mol. The average Bonchev–Trinajstić information content (AvgIpc) is 1.31. The minimum Gasteiger partial charge on any atom is -0.311 e. The van der Waals surface area contributed by atoms with Crippen LogP contribution in [0.3, 0.4) is 0 Å². The number of hydrogen-bond acceptors (Lipinski definition) is 2. The van der Waals surface area contributed by atoms with E-state index in [1.54, 1.807) is 0 Å². The lowest BCUT2D eigenvalue weighted by Gasteiger charge is -2.46. The predicted octanol–water partition coefficient (Wildman–Crippen LogP) is 16.1. The molecule has 6 heterocycles. The maximum Gasteiger partial charge on any atom is 0.252 e. The molecule has 0 bridgehead atoms. The van der Waals surface area contributed by atoms with Gasteiger partial charge in [0.25, 0.3) is 13.4 Å². The predicted molar refractivity (Wildman–Crippen MR) is 357 cm³/mol. The second-order valence-corrected chi connectivity index (χ2v) is 29.4. The van der Waals surface area contributed by atoms with Gasteiger partial charge in [-0.25, -0.2) is 0 Å². The second-order valence-electron chi connectivity index (χ2n) is 29.4. The van der Waals surface area contributed by atoms with Gasteiger partial charge in [-0.1, -0.05) is 161 Å². The highest BCUT2D eigenvalue weighted by molar-refractivity contribution is 7.02. The van der Waals surface area contributed by atoms with E-state index in [1.165, 1.54) is 178 Å². The molecule has 11 aromatic rings. The highest BCUT2D eigenvalue weighted by atomic mass is 15.2. The van der Waals surface area contributed by atoms with E-state index >= 15 is 0 Å². The standard InChI is InChI=1S/C76H76B2N4/c1-41-30-43(3)68(44(4)31-41)81-63-25-21-24-62-66(63)78(58-37-49(75(13,14)15)36-52-50-34-47(73(7,8)9)27-29-60(50)80(62)70(52)58)56-40-65-57(39-64(56)81)77-55-22-19-20-23-61(55)79-59-28-26-48(74(10,11)12)35-51(59)53-38-54(76(16,17)18)72(67(77)71(53)79)82(65)69-45(5)32-42(2)33-46(69)6/h19-40H,1-18H3. The Morgan fingerprint density at radius 3 is 1.33 bits per heavy atom. The van der Waals surface area contributed by atoms with Crippen molar-refractivity contribution in [3.05, 3.63) is 189 Å². The number of benzene rings is 9. The highest BCUT2D eigenvalue weighted by Gasteiger charge is 2.49. The van der Waals surface area contributed by atoms with E-state index in [0.29, 0.717) is 0 Å². The molecule has 82 heavy (non-hydrogen) atoms. The third kappa shape index (κ3) is 6.87. The molecule has 406 valence electrons. The highest BCUT2D eigenvalue weighted by Crippen LogP contribution is 2.52. The Balaban J connectivity index is 1.15. The normalized spacial score (nSPS) is 14.4. The zero-order valence-electron chi connectivity index (χ0n) is 51.6. The minimum atomic E-state index is -0.220. The van der Waals surface area contributed by atoms with Crippen molar-refractivity contribution in [3.8, 4) is 11.4 Å². The number of anilines is 6. The minimum absolute atomic E-state index is 0.00539. The fraction of sp³-hybridized carbons (Fsp3) is 0.289. The van der Waals surface area contributed by atoms with Crippen molar-refractivity contribution in [2.45, 2.75) is 146 Å². The zero-order chi connectivity index (χ0) is 57.5. The molecule has 4 aliphatic rings. The van der Waals surface area contributed by atoms with Crippen molar-refractivity contribution in [2.75, 3.05) is 9.80 Å². The molecule has 6 heteroatoms. The van der Waals surface area contributed by atoms with Gasteiger partial charge in [-0.05, 0) is 207 Å². The number of fused-ring (bicyclic) bond motifs is 15. The van der Waals surface area contributed by atoms with E-state index < -0.39 is 0 Å². The third-order valence-corrected chi connectivity index (χ3v) is 19.5. The van der Waals surface area contributed by atoms with E-state index in [4.69, 9.17) is 0 Å². The average molecular weight is 1070 g/mol. The summed E-state index contributed by atoms with van der Waals surface area (Å²) in [6.07, 6.45) is 0. The topological polar surface area (TPSA) is 16.3 Å². The number of nitrogens with zero attached hydrogens (tertiary/aromatic N) is 4. The largest absolute Gasteiger partial charge is 0.311 e. The van der Waals surface area contributed by atoms with Crippen LogP contribution in [0.5, 0.6) is 0 Å². The molecular formula is C76H76B2N4. The number of para-hydroxylation sites is 1. The number of aromatic nitrogens is 2. The van der Waals surface area contributed by atoms with Crippen LogP contribution in [0.25, 0.3) is 55.0 Å². The lowest BCUT2D eigenvalue weighted by molar-refractivity contribution is 0.590. The molecule has 9 aromatic carbocycles. The molecule has 0 radical (unpaired) electrons.